The number of aromatic amines is 1. The number of aliphatic hydroxyl groups excluding tert-OH is 3. The van der Waals surface area contributed by atoms with Crippen LogP contribution >= 0.6 is 0 Å². The number of carboxylic acid groups (broad SMARTS) is 2. The maximum atomic E-state index is 14.2. The molecule has 0 bridgehead atoms. The smallest absolute Gasteiger partial charge is 0.326 e. The highest BCUT2D eigenvalue weighted by Crippen LogP contribution is 2.23. The Bertz CT molecular complexity index is 3610. The van der Waals surface area contributed by atoms with E-state index in [4.69, 9.17) is 11.5 Å². The van der Waals surface area contributed by atoms with E-state index in [2.05, 4.69) is 58.2 Å². The molecule has 0 unspecified atom stereocenters. The molecule has 20 N–H and O–H groups in total. The molecule has 2 aromatic carbocycles. The number of nitrogens with two attached hydrogens (primary N) is 2. The van der Waals surface area contributed by atoms with E-state index in [-0.39, 0.29) is 69.1 Å². The number of hydrogen-bond acceptors (Lipinski definition) is 18. The number of carbonyl (C=O) groups excluding carboxylic acids is 13. The lowest BCUT2D eigenvalue weighted by atomic mass is 9.96. The number of primary amides is 2. The molecule has 3 aromatic rings. The molecular formula is C77H118N14O20. The molecule has 1 saturated heterocycles. The molecular weight excluding hydrogens is 1440 g/mol. The minimum atomic E-state index is -1.72. The Morgan fingerprint density at radius 3 is 1.44 bits per heavy atom. The molecule has 1 fully saturated rings. The Hall–Kier alpha value is -10.1. The molecule has 13 amide bonds. The van der Waals surface area contributed by atoms with E-state index in [1.807, 2.05) is 18.2 Å². The van der Waals surface area contributed by atoms with Gasteiger partial charge in [-0.2, -0.15) is 0 Å². The van der Waals surface area contributed by atoms with Crippen LogP contribution in [0.4, 0.5) is 0 Å². The van der Waals surface area contributed by atoms with Gasteiger partial charge >= 0.3 is 11.9 Å². The van der Waals surface area contributed by atoms with Crippen LogP contribution in [-0.2, 0) is 84.8 Å². The molecule has 111 heavy (non-hydrogen) atoms. The summed E-state index contributed by atoms with van der Waals surface area (Å²) in [6, 6.07) is -0.263. The zero-order valence-corrected chi connectivity index (χ0v) is 64.9. The number of amides is 13. The van der Waals surface area contributed by atoms with E-state index in [9.17, 15) is 97.5 Å². The average molecular weight is 1560 g/mol. The summed E-state index contributed by atoms with van der Waals surface area (Å²) in [6.45, 7) is 12.2. The largest absolute Gasteiger partial charge is 0.480 e. The van der Waals surface area contributed by atoms with Crippen LogP contribution in [0.1, 0.15) is 195 Å². The predicted molar refractivity (Wildman–Crippen MR) is 408 cm³/mol. The maximum Gasteiger partial charge on any atom is 0.326 e. The van der Waals surface area contributed by atoms with Crippen molar-refractivity contribution in [1.82, 2.24) is 63.1 Å². The Balaban J connectivity index is 1.20. The summed E-state index contributed by atoms with van der Waals surface area (Å²) >= 11 is 0. The fraction of sp³-hybridized carbons (Fsp3) is 0.623. The molecule has 0 aliphatic carbocycles. The average Bonchev–Trinajstić information content (AvgIpc) is 1.74. The van der Waals surface area contributed by atoms with Gasteiger partial charge in [0.15, 0.2) is 0 Å². The number of fused-ring (bicyclic) bond motifs is 1. The molecule has 34 nitrogen and oxygen atoms in total. The number of carbonyl (C=O) groups is 15. The van der Waals surface area contributed by atoms with Gasteiger partial charge in [-0.3, -0.25) is 62.3 Å². The number of nitrogens with zero attached hydrogens (tertiary/aromatic N) is 1. The molecule has 1 aliphatic rings. The summed E-state index contributed by atoms with van der Waals surface area (Å²) in [5.41, 5.74) is 12.9. The van der Waals surface area contributed by atoms with Gasteiger partial charge in [0.05, 0.1) is 25.2 Å². The Kier molecular flexibility index (Phi) is 40.2. The number of H-pyrrole nitrogens is 1. The van der Waals surface area contributed by atoms with Gasteiger partial charge in [-0.15, -0.1) is 0 Å². The van der Waals surface area contributed by atoms with Crippen LogP contribution in [0.3, 0.4) is 0 Å². The number of unbranched alkanes of at least 4 members (excludes halogenated alkanes) is 9. The van der Waals surface area contributed by atoms with E-state index in [0.29, 0.717) is 56.2 Å². The van der Waals surface area contributed by atoms with E-state index in [1.54, 1.807) is 84.1 Å². The van der Waals surface area contributed by atoms with Crippen molar-refractivity contribution in [2.75, 3.05) is 13.2 Å². The minimum Gasteiger partial charge on any atom is -0.480 e. The third-order valence-corrected chi connectivity index (χ3v) is 19.3. The first-order valence-electron chi connectivity index (χ1n) is 38.5. The van der Waals surface area contributed by atoms with Crippen molar-refractivity contribution in [2.24, 2.45) is 29.2 Å². The summed E-state index contributed by atoms with van der Waals surface area (Å²) in [6.07, 6.45) is 5.91. The number of carboxylic acids is 2. The van der Waals surface area contributed by atoms with Crippen molar-refractivity contribution in [2.45, 2.75) is 275 Å². The topological polar surface area (TPSA) is 549 Å². The van der Waals surface area contributed by atoms with Gasteiger partial charge in [0.1, 0.15) is 66.5 Å². The standard InChI is InChI=1S/C77H118N14O20/c1-9-45(6)64(73(105)90-66(47(8)94)75(107)85-54(37-44(4)5)69(101)87-57(77(110)111)39-49-41-80-51-29-24-23-28-50(49)51)88-67(99)52(33-34-60(78)95)82-72(104)59-30-25-35-91(59)63(98)32-22-17-15-13-11-10-12-14-16-21-31-62(97)81-58(42-92)71(103)89-65(46(7)93)74(106)84-53(36-43(2)3)68(100)83-55(40-61(79)96)70(102)86-56(76(108)109)38-48-26-19-18-20-27-48/h18-20,23-24,26-29,41,43-47,52-59,64-66,80,92-94H,9-17,21-22,25,30-40,42H2,1-8H3,(H2,78,95)(H2,79,96)(H,81,97)(H,82,104)(H,83,100)(H,84,106)(H,85,107)(H,86,102)(H,87,101)(H,88,99)(H,89,103)(H,90,105)(H,108,109)(H,110,111)/t45-,46+,47+,52-,53-,54-,55-,56-,57-,58-,59-,64-,65-,66-/m0/s1. The Labute approximate surface area is 647 Å². The Morgan fingerprint density at radius 1 is 0.486 bits per heavy atom. The van der Waals surface area contributed by atoms with Crippen LogP contribution < -0.4 is 64.6 Å². The molecule has 616 valence electrons. The number of likely N-dealkylation sites (tertiary alicyclic amines) is 1. The second-order valence-corrected chi connectivity index (χ2v) is 29.6. The van der Waals surface area contributed by atoms with Gasteiger partial charge < -0.3 is 100 Å². The lowest BCUT2D eigenvalue weighted by molar-refractivity contribution is -0.143. The molecule has 34 heteroatoms. The molecule has 14 atom stereocenters. The molecule has 0 saturated carbocycles. The van der Waals surface area contributed by atoms with Crippen LogP contribution in [-0.4, -0.2) is 216 Å². The highest BCUT2D eigenvalue weighted by atomic mass is 16.4. The van der Waals surface area contributed by atoms with Crippen molar-refractivity contribution >= 4 is 99.6 Å². The quantitative estimate of drug-likeness (QED) is 0.0345. The van der Waals surface area contributed by atoms with Crippen LogP contribution in [0.5, 0.6) is 0 Å². The van der Waals surface area contributed by atoms with Gasteiger partial charge in [-0.05, 0) is 93.7 Å². The van der Waals surface area contributed by atoms with Crippen molar-refractivity contribution in [3.05, 3.63) is 71.9 Å². The number of benzene rings is 2. The van der Waals surface area contributed by atoms with Crippen LogP contribution in [0.25, 0.3) is 10.9 Å². The molecule has 4 rings (SSSR count). The second-order valence-electron chi connectivity index (χ2n) is 29.6. The monoisotopic (exact) mass is 1560 g/mol. The molecule has 1 aliphatic heterocycles. The third-order valence-electron chi connectivity index (χ3n) is 19.3. The number of nitrogens with one attached hydrogen (secondary N) is 11. The number of aliphatic carboxylic acids is 2. The van der Waals surface area contributed by atoms with E-state index < -0.39 is 180 Å². The van der Waals surface area contributed by atoms with Gasteiger partial charge in [0.25, 0.3) is 0 Å². The van der Waals surface area contributed by atoms with Crippen LogP contribution in [0.2, 0.25) is 0 Å². The van der Waals surface area contributed by atoms with E-state index in [0.717, 1.165) is 55.8 Å². The normalized spacial score (nSPS) is 16.3. The summed E-state index contributed by atoms with van der Waals surface area (Å²) in [4.78, 5) is 204. The number of rotatable bonds is 52. The van der Waals surface area contributed by atoms with Crippen molar-refractivity contribution in [3.8, 4) is 0 Å². The van der Waals surface area contributed by atoms with Crippen molar-refractivity contribution < 1.29 is 97.5 Å². The third kappa shape index (κ3) is 32.4. The molecule has 1 aromatic heterocycles. The SMILES string of the molecule is CC[C@H](C)[C@H](NC(=O)[C@H](CCC(N)=O)NC(=O)[C@@H]1CCCN1C(=O)CCCCCCCCCCCCC(=O)N[C@@H](CO)C(=O)N[C@H](C(=O)N[C@@H](CC(C)C)C(=O)N[C@@H](CC(N)=O)C(=O)N[C@@H](Cc1ccccc1)C(=O)O)[C@@H](C)O)C(=O)N[C@H](C(=O)N[C@@H](CC(C)C)C(=O)N[C@@H](Cc1c[nH]c2ccccc12)C(=O)O)[C@@H](C)O. The van der Waals surface area contributed by atoms with Crippen molar-refractivity contribution in [3.63, 3.8) is 0 Å². The van der Waals surface area contributed by atoms with Gasteiger partial charge in [0, 0.05) is 55.7 Å². The fourth-order valence-electron chi connectivity index (χ4n) is 12.9. The zero-order chi connectivity index (χ0) is 82.6. The first-order chi connectivity index (χ1) is 52.5. The summed E-state index contributed by atoms with van der Waals surface area (Å²) in [5, 5.41) is 77.3. The fourth-order valence-corrected chi connectivity index (χ4v) is 12.9. The number of para-hydroxylation sites is 1. The van der Waals surface area contributed by atoms with E-state index >= 15 is 0 Å². The van der Waals surface area contributed by atoms with Gasteiger partial charge in [-0.25, -0.2) is 9.59 Å². The first kappa shape index (κ1) is 93.3. The Morgan fingerprint density at radius 2 is 0.937 bits per heavy atom. The lowest BCUT2D eigenvalue weighted by Crippen LogP contribution is -2.62. The minimum absolute atomic E-state index is 0.00832. The zero-order valence-electron chi connectivity index (χ0n) is 64.9. The molecule has 0 radical (unpaired) electrons. The number of hydrogen-bond donors (Lipinski definition) is 18. The highest BCUT2D eigenvalue weighted by Gasteiger charge is 2.40. The lowest BCUT2D eigenvalue weighted by Gasteiger charge is -2.30. The first-order valence-corrected chi connectivity index (χ1v) is 38.5. The second kappa shape index (κ2) is 47.9. The summed E-state index contributed by atoms with van der Waals surface area (Å²) in [5.74, 6) is -14.7. The van der Waals surface area contributed by atoms with E-state index in [1.165, 1.54) is 18.7 Å². The van der Waals surface area contributed by atoms with Crippen molar-refractivity contribution in [1.29, 1.82) is 0 Å². The summed E-state index contributed by atoms with van der Waals surface area (Å²) < 4.78 is 0. The van der Waals surface area contributed by atoms with Crippen LogP contribution in [0, 0.1) is 17.8 Å². The van der Waals surface area contributed by atoms with Gasteiger partial charge in [-0.1, -0.05) is 148 Å². The maximum absolute atomic E-state index is 14.2. The number of aliphatic hydroxyl groups is 3. The number of aromatic nitrogens is 1. The molecule has 2 heterocycles. The van der Waals surface area contributed by atoms with Crippen LogP contribution in [0.15, 0.2) is 60.8 Å². The molecule has 0 spiro atoms. The predicted octanol–water partition coefficient (Wildman–Crippen LogP) is 0.676. The van der Waals surface area contributed by atoms with Gasteiger partial charge in [0.2, 0.25) is 76.8 Å². The highest BCUT2D eigenvalue weighted by molar-refractivity contribution is 6.00. The summed E-state index contributed by atoms with van der Waals surface area (Å²) in [7, 11) is 0.